The van der Waals surface area contributed by atoms with E-state index in [0.29, 0.717) is 13.2 Å². The van der Waals surface area contributed by atoms with Crippen molar-refractivity contribution in [3.05, 3.63) is 34.9 Å². The first-order valence-corrected chi connectivity index (χ1v) is 6.66. The van der Waals surface area contributed by atoms with Gasteiger partial charge in [-0.15, -0.1) is 0 Å². The number of amides is 2. The molecule has 0 spiro atoms. The van der Waals surface area contributed by atoms with Gasteiger partial charge in [-0.05, 0) is 31.0 Å². The number of methoxy groups -OCH3 is 1. The monoisotopic (exact) mass is 284 g/mol. The minimum Gasteiger partial charge on any atom is -0.383 e. The molecule has 0 aliphatic rings. The number of rotatable bonds is 6. The maximum atomic E-state index is 11.8. The van der Waals surface area contributed by atoms with E-state index in [0.717, 1.165) is 17.0 Å². The summed E-state index contributed by atoms with van der Waals surface area (Å²) in [6.07, 6.45) is 0.797. The second-order valence-corrected chi connectivity index (χ2v) is 4.95. The maximum Gasteiger partial charge on any atom is 0.317 e. The predicted molar refractivity (Wildman–Crippen MR) is 77.7 cm³/mol. The van der Waals surface area contributed by atoms with Crippen molar-refractivity contribution in [3.63, 3.8) is 0 Å². The van der Waals surface area contributed by atoms with Crippen molar-refractivity contribution in [2.45, 2.75) is 19.4 Å². The van der Waals surface area contributed by atoms with Gasteiger partial charge in [-0.2, -0.15) is 0 Å². The Kier molecular flexibility index (Phi) is 6.67. The van der Waals surface area contributed by atoms with E-state index in [1.807, 2.05) is 31.2 Å². The Morgan fingerprint density at radius 3 is 2.63 bits per heavy atom. The second kappa shape index (κ2) is 8.02. The number of urea groups is 1. The lowest BCUT2D eigenvalue weighted by atomic mass is 10.1. The van der Waals surface area contributed by atoms with E-state index >= 15 is 0 Å². The maximum absolute atomic E-state index is 11.8. The van der Waals surface area contributed by atoms with E-state index in [4.69, 9.17) is 16.3 Å². The molecule has 2 amide bonds. The quantitative estimate of drug-likeness (QED) is 0.816. The Balaban J connectivity index is 2.45. The van der Waals surface area contributed by atoms with Gasteiger partial charge in [0.25, 0.3) is 0 Å². The molecule has 1 atom stereocenters. The molecule has 0 heterocycles. The van der Waals surface area contributed by atoms with Crippen LogP contribution in [0.4, 0.5) is 4.79 Å². The van der Waals surface area contributed by atoms with Gasteiger partial charge in [0.15, 0.2) is 0 Å². The van der Waals surface area contributed by atoms with Crippen LogP contribution in [0.15, 0.2) is 24.3 Å². The Hall–Kier alpha value is -1.26. The summed E-state index contributed by atoms with van der Waals surface area (Å²) in [7, 11) is 3.40. The lowest BCUT2D eigenvalue weighted by molar-refractivity contribution is 0.177. The molecule has 1 rings (SSSR count). The molecule has 1 N–H and O–H groups in total. The molecule has 0 radical (unpaired) electrons. The molecule has 0 aliphatic heterocycles. The molecule has 1 aromatic rings. The highest BCUT2D eigenvalue weighted by Gasteiger charge is 2.15. The summed E-state index contributed by atoms with van der Waals surface area (Å²) < 4.78 is 4.89. The highest BCUT2D eigenvalue weighted by Crippen LogP contribution is 2.12. The van der Waals surface area contributed by atoms with Crippen molar-refractivity contribution in [3.8, 4) is 0 Å². The van der Waals surface area contributed by atoms with Gasteiger partial charge in [-0.1, -0.05) is 23.7 Å². The Labute approximate surface area is 119 Å². The van der Waals surface area contributed by atoms with Crippen LogP contribution in [0.1, 0.15) is 12.5 Å². The number of likely N-dealkylation sites (N-methyl/N-ethyl adjacent to an activating group) is 1. The summed E-state index contributed by atoms with van der Waals surface area (Å²) in [4.78, 5) is 13.5. The van der Waals surface area contributed by atoms with Crippen molar-refractivity contribution in [2.24, 2.45) is 0 Å². The lowest BCUT2D eigenvalue weighted by Gasteiger charge is -2.25. The molecule has 0 unspecified atom stereocenters. The van der Waals surface area contributed by atoms with E-state index in [-0.39, 0.29) is 12.1 Å². The summed E-state index contributed by atoms with van der Waals surface area (Å²) >= 11 is 5.85. The van der Waals surface area contributed by atoms with Crippen LogP contribution in [-0.2, 0) is 11.2 Å². The van der Waals surface area contributed by atoms with Gasteiger partial charge in [0.1, 0.15) is 0 Å². The number of carbonyl (C=O) groups excluding carboxylic acids is 1. The van der Waals surface area contributed by atoms with Gasteiger partial charge < -0.3 is 15.0 Å². The van der Waals surface area contributed by atoms with Crippen LogP contribution in [0.25, 0.3) is 0 Å². The number of carbonyl (C=O) groups is 1. The highest BCUT2D eigenvalue weighted by atomic mass is 35.5. The predicted octanol–water partition coefficient (Wildman–Crippen LogP) is 2.56. The number of nitrogens with one attached hydrogen (secondary N) is 1. The van der Waals surface area contributed by atoms with Crippen LogP contribution in [0.2, 0.25) is 5.02 Å². The largest absolute Gasteiger partial charge is 0.383 e. The smallest absolute Gasteiger partial charge is 0.317 e. The normalized spacial score (nSPS) is 12.0. The Bertz CT molecular complexity index is 395. The minimum absolute atomic E-state index is 0.0847. The zero-order chi connectivity index (χ0) is 14.3. The van der Waals surface area contributed by atoms with Crippen molar-refractivity contribution >= 4 is 17.6 Å². The molecule has 0 bridgehead atoms. The van der Waals surface area contributed by atoms with E-state index in [1.54, 1.807) is 19.1 Å². The van der Waals surface area contributed by atoms with Gasteiger partial charge in [0.2, 0.25) is 0 Å². The number of ether oxygens (including phenoxy) is 1. The molecule has 0 fully saturated rings. The fraction of sp³-hybridized carbons (Fsp3) is 0.500. The van der Waals surface area contributed by atoms with E-state index in [1.165, 1.54) is 0 Å². The fourth-order valence-corrected chi connectivity index (χ4v) is 1.81. The number of hydrogen-bond acceptors (Lipinski definition) is 2. The van der Waals surface area contributed by atoms with Gasteiger partial charge >= 0.3 is 6.03 Å². The molecule has 5 heteroatoms. The standard InChI is InChI=1S/C14H21ClN2O2/c1-11(10-12-4-6-13(15)7-5-12)17(2)14(18)16-8-9-19-3/h4-7,11H,8-10H2,1-3H3,(H,16,18)/t11-/m0/s1. The van der Waals surface area contributed by atoms with Crippen LogP contribution in [0.3, 0.4) is 0 Å². The van der Waals surface area contributed by atoms with Crippen molar-refractivity contribution in [1.82, 2.24) is 10.2 Å². The summed E-state index contributed by atoms with van der Waals surface area (Å²) in [6, 6.07) is 7.72. The molecular formula is C14H21ClN2O2. The zero-order valence-corrected chi connectivity index (χ0v) is 12.4. The number of nitrogens with zero attached hydrogens (tertiary/aromatic N) is 1. The van der Waals surface area contributed by atoms with Gasteiger partial charge in [0, 0.05) is 31.8 Å². The highest BCUT2D eigenvalue weighted by molar-refractivity contribution is 6.30. The van der Waals surface area contributed by atoms with Crippen LogP contribution < -0.4 is 5.32 Å². The average Bonchev–Trinajstić information content (AvgIpc) is 2.40. The van der Waals surface area contributed by atoms with Crippen LogP contribution in [-0.4, -0.2) is 44.3 Å². The molecule has 0 saturated carbocycles. The van der Waals surface area contributed by atoms with Crippen LogP contribution in [0.5, 0.6) is 0 Å². The molecule has 4 nitrogen and oxygen atoms in total. The molecular weight excluding hydrogens is 264 g/mol. The molecule has 19 heavy (non-hydrogen) atoms. The van der Waals surface area contributed by atoms with Crippen LogP contribution in [0, 0.1) is 0 Å². The second-order valence-electron chi connectivity index (χ2n) is 4.52. The van der Waals surface area contributed by atoms with E-state index in [9.17, 15) is 4.79 Å². The SMILES string of the molecule is COCCNC(=O)N(C)[C@@H](C)Cc1ccc(Cl)cc1. The molecule has 106 valence electrons. The number of halogens is 1. The van der Waals surface area contributed by atoms with Gasteiger partial charge in [0.05, 0.1) is 6.61 Å². The molecule has 0 aromatic heterocycles. The number of hydrogen-bond donors (Lipinski definition) is 1. The zero-order valence-electron chi connectivity index (χ0n) is 11.6. The summed E-state index contributed by atoms with van der Waals surface area (Å²) in [5, 5.41) is 3.52. The van der Waals surface area contributed by atoms with Gasteiger partial charge in [-0.3, -0.25) is 0 Å². The Morgan fingerprint density at radius 1 is 1.42 bits per heavy atom. The van der Waals surface area contributed by atoms with E-state index in [2.05, 4.69) is 5.32 Å². The third-order valence-electron chi connectivity index (χ3n) is 3.01. The van der Waals surface area contributed by atoms with E-state index < -0.39 is 0 Å². The first-order valence-electron chi connectivity index (χ1n) is 6.28. The van der Waals surface area contributed by atoms with Crippen molar-refractivity contribution in [2.75, 3.05) is 27.3 Å². The first kappa shape index (κ1) is 15.8. The minimum atomic E-state index is -0.0847. The first-order chi connectivity index (χ1) is 9.04. The summed E-state index contributed by atoms with van der Waals surface area (Å²) in [6.45, 7) is 3.06. The lowest BCUT2D eigenvalue weighted by Crippen LogP contribution is -2.44. The van der Waals surface area contributed by atoms with Crippen molar-refractivity contribution in [1.29, 1.82) is 0 Å². The average molecular weight is 285 g/mol. The third kappa shape index (κ3) is 5.49. The summed E-state index contributed by atoms with van der Waals surface area (Å²) in [5.41, 5.74) is 1.16. The van der Waals surface area contributed by atoms with Crippen molar-refractivity contribution < 1.29 is 9.53 Å². The van der Waals surface area contributed by atoms with Gasteiger partial charge in [-0.25, -0.2) is 4.79 Å². The Morgan fingerprint density at radius 2 is 2.05 bits per heavy atom. The molecule has 1 aromatic carbocycles. The third-order valence-corrected chi connectivity index (χ3v) is 3.26. The van der Waals surface area contributed by atoms with Crippen LogP contribution >= 0.6 is 11.6 Å². The molecule has 0 saturated heterocycles. The number of benzene rings is 1. The topological polar surface area (TPSA) is 41.6 Å². The fourth-order valence-electron chi connectivity index (χ4n) is 1.68. The molecule has 0 aliphatic carbocycles. The summed E-state index contributed by atoms with van der Waals surface area (Å²) in [5.74, 6) is 0.